The number of esters is 1. The van der Waals surface area contributed by atoms with Gasteiger partial charge < -0.3 is 14.0 Å². The van der Waals surface area contributed by atoms with Crippen molar-refractivity contribution < 1.29 is 18.8 Å². The fourth-order valence-electron chi connectivity index (χ4n) is 2.26. The van der Waals surface area contributed by atoms with Crippen molar-refractivity contribution in [1.29, 1.82) is 0 Å². The first-order valence-electron chi connectivity index (χ1n) is 7.98. The van der Waals surface area contributed by atoms with E-state index in [2.05, 4.69) is 5.16 Å². The summed E-state index contributed by atoms with van der Waals surface area (Å²) in [5.74, 6) is 0.827. The molecule has 5 heteroatoms. The molecule has 0 amide bonds. The molecule has 0 aliphatic rings. The van der Waals surface area contributed by atoms with Crippen LogP contribution in [0.25, 0.3) is 11.3 Å². The molecule has 0 radical (unpaired) electrons. The van der Waals surface area contributed by atoms with Crippen molar-refractivity contribution in [1.82, 2.24) is 5.16 Å². The molecular formula is C20H19NO4. The molecule has 0 spiro atoms. The highest BCUT2D eigenvalue weighted by atomic mass is 16.6. The van der Waals surface area contributed by atoms with Gasteiger partial charge in [-0.25, -0.2) is 4.79 Å². The number of benzene rings is 2. The zero-order valence-electron chi connectivity index (χ0n) is 14.2. The van der Waals surface area contributed by atoms with E-state index in [9.17, 15) is 4.79 Å². The molecule has 0 fully saturated rings. The lowest BCUT2D eigenvalue weighted by Crippen LogP contribution is -2.14. The van der Waals surface area contributed by atoms with Crippen LogP contribution in [0.15, 0.2) is 59.1 Å². The number of aromatic nitrogens is 1. The van der Waals surface area contributed by atoms with Gasteiger partial charge in [-0.2, -0.15) is 0 Å². The van der Waals surface area contributed by atoms with E-state index in [1.807, 2.05) is 62.4 Å². The summed E-state index contributed by atoms with van der Waals surface area (Å²) >= 11 is 0. The Morgan fingerprint density at radius 1 is 1.04 bits per heavy atom. The maximum absolute atomic E-state index is 11.8. The molecule has 0 saturated carbocycles. The lowest BCUT2D eigenvalue weighted by atomic mass is 10.1. The van der Waals surface area contributed by atoms with Crippen LogP contribution in [0.3, 0.4) is 0 Å². The molecule has 0 N–H and O–H groups in total. The van der Waals surface area contributed by atoms with E-state index >= 15 is 0 Å². The molecule has 1 heterocycles. The third kappa shape index (κ3) is 4.47. The van der Waals surface area contributed by atoms with Crippen LogP contribution < -0.4 is 4.74 Å². The summed E-state index contributed by atoms with van der Waals surface area (Å²) in [6.07, 6.45) is 0. The van der Waals surface area contributed by atoms with Crippen LogP contribution in [0.2, 0.25) is 0 Å². The van der Waals surface area contributed by atoms with Crippen LogP contribution in [-0.4, -0.2) is 17.7 Å². The summed E-state index contributed by atoms with van der Waals surface area (Å²) < 4.78 is 15.9. The first-order chi connectivity index (χ1) is 12.1. The van der Waals surface area contributed by atoms with Crippen LogP contribution in [0.5, 0.6) is 5.75 Å². The van der Waals surface area contributed by atoms with Gasteiger partial charge in [-0.15, -0.1) is 0 Å². The lowest BCUT2D eigenvalue weighted by molar-refractivity contribution is -0.147. The Balaban J connectivity index is 1.49. The topological polar surface area (TPSA) is 61.6 Å². The van der Waals surface area contributed by atoms with Crippen molar-refractivity contribution in [3.05, 3.63) is 71.4 Å². The minimum absolute atomic E-state index is 0.0471. The van der Waals surface area contributed by atoms with E-state index in [0.29, 0.717) is 17.2 Å². The number of aryl methyl sites for hydroxylation is 2. The van der Waals surface area contributed by atoms with E-state index in [-0.39, 0.29) is 13.2 Å². The highest BCUT2D eigenvalue weighted by Gasteiger charge is 2.10. The van der Waals surface area contributed by atoms with E-state index in [4.69, 9.17) is 14.0 Å². The fourth-order valence-corrected chi connectivity index (χ4v) is 2.26. The number of hydrogen-bond acceptors (Lipinski definition) is 5. The van der Waals surface area contributed by atoms with Crippen molar-refractivity contribution in [3.63, 3.8) is 0 Å². The maximum atomic E-state index is 11.8. The Bertz CT molecular complexity index is 855. The fraction of sp³-hybridized carbons (Fsp3) is 0.200. The second-order valence-electron chi connectivity index (χ2n) is 5.74. The van der Waals surface area contributed by atoms with Gasteiger partial charge in [0.15, 0.2) is 12.4 Å². The molecule has 128 valence electrons. The van der Waals surface area contributed by atoms with Crippen LogP contribution in [0.4, 0.5) is 0 Å². The molecule has 2 aromatic carbocycles. The van der Waals surface area contributed by atoms with Crippen molar-refractivity contribution in [3.8, 4) is 17.1 Å². The van der Waals surface area contributed by atoms with Gasteiger partial charge in [0.05, 0.1) is 0 Å². The second kappa shape index (κ2) is 7.66. The highest BCUT2D eigenvalue weighted by Crippen LogP contribution is 2.20. The molecule has 3 aromatic rings. The zero-order chi connectivity index (χ0) is 17.6. The number of hydrogen-bond donors (Lipinski definition) is 0. The molecular weight excluding hydrogens is 318 g/mol. The first kappa shape index (κ1) is 16.8. The molecule has 0 saturated heterocycles. The minimum Gasteiger partial charge on any atom is -0.482 e. The van der Waals surface area contributed by atoms with Gasteiger partial charge in [0.2, 0.25) is 0 Å². The molecule has 0 unspecified atom stereocenters. The summed E-state index contributed by atoms with van der Waals surface area (Å²) in [5, 5.41) is 3.91. The summed E-state index contributed by atoms with van der Waals surface area (Å²) in [6.45, 7) is 3.92. The Morgan fingerprint density at radius 2 is 1.84 bits per heavy atom. The minimum atomic E-state index is -0.456. The summed E-state index contributed by atoms with van der Waals surface area (Å²) in [7, 11) is 0. The molecule has 3 rings (SSSR count). The smallest absolute Gasteiger partial charge is 0.344 e. The predicted octanol–water partition coefficient (Wildman–Crippen LogP) is 4.08. The number of nitrogens with zero attached hydrogens (tertiary/aromatic N) is 1. The molecule has 25 heavy (non-hydrogen) atoms. The van der Waals surface area contributed by atoms with Crippen molar-refractivity contribution in [2.24, 2.45) is 0 Å². The van der Waals surface area contributed by atoms with E-state index in [1.165, 1.54) is 5.56 Å². The number of ether oxygens (including phenoxy) is 2. The summed E-state index contributed by atoms with van der Waals surface area (Å²) in [6, 6.07) is 17.1. The first-order valence-corrected chi connectivity index (χ1v) is 7.98. The quantitative estimate of drug-likeness (QED) is 0.634. The third-order valence-corrected chi connectivity index (χ3v) is 3.83. The van der Waals surface area contributed by atoms with Crippen molar-refractivity contribution in [2.75, 3.05) is 6.61 Å². The lowest BCUT2D eigenvalue weighted by Gasteiger charge is -2.07. The van der Waals surface area contributed by atoms with Crippen LogP contribution in [0, 0.1) is 13.8 Å². The number of rotatable bonds is 6. The molecule has 1 aromatic heterocycles. The average molecular weight is 337 g/mol. The molecule has 0 atom stereocenters. The van der Waals surface area contributed by atoms with Crippen LogP contribution in [-0.2, 0) is 16.1 Å². The van der Waals surface area contributed by atoms with Gasteiger partial charge in [-0.1, -0.05) is 41.6 Å². The van der Waals surface area contributed by atoms with Crippen LogP contribution >= 0.6 is 0 Å². The Hall–Kier alpha value is -3.08. The molecule has 0 bridgehead atoms. The Morgan fingerprint density at radius 3 is 2.60 bits per heavy atom. The van der Waals surface area contributed by atoms with E-state index in [0.717, 1.165) is 11.1 Å². The zero-order valence-corrected chi connectivity index (χ0v) is 14.2. The van der Waals surface area contributed by atoms with Gasteiger partial charge in [-0.05, 0) is 37.1 Å². The van der Waals surface area contributed by atoms with Gasteiger partial charge in [0, 0.05) is 11.6 Å². The van der Waals surface area contributed by atoms with E-state index < -0.39 is 5.97 Å². The number of carbonyl (C=O) groups is 1. The Kier molecular flexibility index (Phi) is 5.14. The van der Waals surface area contributed by atoms with E-state index in [1.54, 1.807) is 6.07 Å². The third-order valence-electron chi connectivity index (χ3n) is 3.83. The average Bonchev–Trinajstić information content (AvgIpc) is 3.11. The summed E-state index contributed by atoms with van der Waals surface area (Å²) in [5.41, 5.74) is 3.76. The standard InChI is InChI=1S/C20H19NO4/c1-14-8-9-18(10-15(14)2)23-13-20(22)24-12-17-11-19(25-21-17)16-6-4-3-5-7-16/h3-11H,12-13H2,1-2H3. The largest absolute Gasteiger partial charge is 0.482 e. The number of carbonyl (C=O) groups excluding carboxylic acids is 1. The Labute approximate surface area is 146 Å². The van der Waals surface area contributed by atoms with Gasteiger partial charge >= 0.3 is 5.97 Å². The van der Waals surface area contributed by atoms with Crippen molar-refractivity contribution >= 4 is 5.97 Å². The van der Waals surface area contributed by atoms with Crippen molar-refractivity contribution in [2.45, 2.75) is 20.5 Å². The SMILES string of the molecule is Cc1ccc(OCC(=O)OCc2cc(-c3ccccc3)on2)cc1C. The van der Waals surface area contributed by atoms with Crippen LogP contribution in [0.1, 0.15) is 16.8 Å². The maximum Gasteiger partial charge on any atom is 0.344 e. The predicted molar refractivity (Wildman–Crippen MR) is 93.1 cm³/mol. The highest BCUT2D eigenvalue weighted by molar-refractivity contribution is 5.71. The molecule has 5 nitrogen and oxygen atoms in total. The van der Waals surface area contributed by atoms with Gasteiger partial charge in [0.25, 0.3) is 0 Å². The van der Waals surface area contributed by atoms with Gasteiger partial charge in [-0.3, -0.25) is 0 Å². The molecule has 0 aliphatic heterocycles. The second-order valence-corrected chi connectivity index (χ2v) is 5.74. The monoisotopic (exact) mass is 337 g/mol. The summed E-state index contributed by atoms with van der Waals surface area (Å²) in [4.78, 5) is 11.8. The van der Waals surface area contributed by atoms with Gasteiger partial charge in [0.1, 0.15) is 18.1 Å². The molecule has 0 aliphatic carbocycles. The normalized spacial score (nSPS) is 10.5.